The fraction of sp³-hybridized carbons (Fsp3) is 0.0952. The molecule has 0 radical (unpaired) electrons. The zero-order valence-electron chi connectivity index (χ0n) is 15.0. The van der Waals surface area contributed by atoms with Crippen LogP contribution in [0.1, 0.15) is 12.5 Å². The second kappa shape index (κ2) is 8.31. The monoisotopic (exact) mass is 425 g/mol. The van der Waals surface area contributed by atoms with Crippen molar-refractivity contribution in [2.24, 2.45) is 4.99 Å². The molecular formula is C21H16ClN3OS2. The van der Waals surface area contributed by atoms with Gasteiger partial charge in [-0.1, -0.05) is 54.1 Å². The van der Waals surface area contributed by atoms with Crippen LogP contribution in [0.25, 0.3) is 17.3 Å². The van der Waals surface area contributed by atoms with Crippen molar-refractivity contribution in [3.05, 3.63) is 75.5 Å². The highest BCUT2D eigenvalue weighted by atomic mass is 35.5. The SMILES string of the molecule is CCN1C(=O)/C(=C/c2cccc(Cl)c2)S/C1=N/c1nc(-c2ccccc2)cs1. The van der Waals surface area contributed by atoms with Gasteiger partial charge in [0.25, 0.3) is 5.91 Å². The lowest BCUT2D eigenvalue weighted by Gasteiger charge is -2.11. The van der Waals surface area contributed by atoms with E-state index in [9.17, 15) is 4.79 Å². The number of amides is 1. The van der Waals surface area contributed by atoms with Crippen molar-refractivity contribution in [1.82, 2.24) is 9.88 Å². The van der Waals surface area contributed by atoms with E-state index in [0.717, 1.165) is 16.8 Å². The molecule has 1 saturated heterocycles. The number of thiazole rings is 1. The molecule has 0 atom stereocenters. The predicted octanol–water partition coefficient (Wildman–Crippen LogP) is 6.09. The Kier molecular flexibility index (Phi) is 5.62. The van der Waals surface area contributed by atoms with Gasteiger partial charge in [0, 0.05) is 22.5 Å². The van der Waals surface area contributed by atoms with Gasteiger partial charge in [0.2, 0.25) is 5.13 Å². The third-order valence-electron chi connectivity index (χ3n) is 4.10. The van der Waals surface area contributed by atoms with Crippen molar-refractivity contribution in [1.29, 1.82) is 0 Å². The molecule has 1 aliphatic rings. The normalized spacial score (nSPS) is 17.1. The van der Waals surface area contributed by atoms with Crippen LogP contribution in [-0.4, -0.2) is 27.5 Å². The Labute approximate surface area is 176 Å². The van der Waals surface area contributed by atoms with Gasteiger partial charge in [0.05, 0.1) is 10.6 Å². The quantitative estimate of drug-likeness (QED) is 0.475. The van der Waals surface area contributed by atoms with Gasteiger partial charge < -0.3 is 0 Å². The van der Waals surface area contributed by atoms with Gasteiger partial charge >= 0.3 is 0 Å². The molecule has 7 heteroatoms. The van der Waals surface area contributed by atoms with Gasteiger partial charge in [-0.15, -0.1) is 11.3 Å². The van der Waals surface area contributed by atoms with Crippen LogP contribution in [0, 0.1) is 0 Å². The summed E-state index contributed by atoms with van der Waals surface area (Å²) in [5, 5.41) is 3.91. The number of carbonyl (C=O) groups excluding carboxylic acids is 1. The first-order valence-corrected chi connectivity index (χ1v) is 10.8. The van der Waals surface area contributed by atoms with E-state index in [2.05, 4.69) is 9.98 Å². The average molecular weight is 426 g/mol. The number of aliphatic imine (C=N–C) groups is 1. The molecule has 0 N–H and O–H groups in total. The second-order valence-electron chi connectivity index (χ2n) is 5.99. The topological polar surface area (TPSA) is 45.6 Å². The summed E-state index contributed by atoms with van der Waals surface area (Å²) in [6.07, 6.45) is 1.85. The number of thioether (sulfide) groups is 1. The zero-order chi connectivity index (χ0) is 19.5. The molecule has 0 aliphatic carbocycles. The van der Waals surface area contributed by atoms with E-state index in [1.807, 2.05) is 73.0 Å². The van der Waals surface area contributed by atoms with Crippen LogP contribution < -0.4 is 0 Å². The molecule has 4 rings (SSSR count). The van der Waals surface area contributed by atoms with Gasteiger partial charge in [0.15, 0.2) is 5.17 Å². The van der Waals surface area contributed by atoms with E-state index in [1.54, 1.807) is 4.90 Å². The molecule has 2 heterocycles. The van der Waals surface area contributed by atoms with E-state index in [4.69, 9.17) is 11.6 Å². The van der Waals surface area contributed by atoms with Crippen LogP contribution >= 0.6 is 34.7 Å². The first kappa shape index (κ1) is 18.9. The molecule has 140 valence electrons. The van der Waals surface area contributed by atoms with Crippen molar-refractivity contribution in [2.45, 2.75) is 6.92 Å². The van der Waals surface area contributed by atoms with Gasteiger partial charge in [-0.05, 0) is 42.5 Å². The van der Waals surface area contributed by atoms with Crippen molar-refractivity contribution in [2.75, 3.05) is 6.54 Å². The number of halogens is 1. The molecule has 1 fully saturated rings. The molecule has 4 nitrogen and oxygen atoms in total. The minimum Gasteiger partial charge on any atom is -0.287 e. The number of hydrogen-bond donors (Lipinski definition) is 0. The summed E-state index contributed by atoms with van der Waals surface area (Å²) in [7, 11) is 0. The highest BCUT2D eigenvalue weighted by molar-refractivity contribution is 8.18. The third-order valence-corrected chi connectivity index (χ3v) is 6.08. The lowest BCUT2D eigenvalue weighted by atomic mass is 10.2. The molecule has 1 aromatic heterocycles. The molecule has 0 bridgehead atoms. The number of carbonyl (C=O) groups is 1. The Hall–Kier alpha value is -2.41. The zero-order valence-corrected chi connectivity index (χ0v) is 17.4. The summed E-state index contributed by atoms with van der Waals surface area (Å²) in [5.41, 5.74) is 2.83. The highest BCUT2D eigenvalue weighted by Crippen LogP contribution is 2.35. The van der Waals surface area contributed by atoms with Crippen LogP contribution in [0.4, 0.5) is 5.13 Å². The number of likely N-dealkylation sites (N-methyl/N-ethyl adjacent to an activating group) is 1. The summed E-state index contributed by atoms with van der Waals surface area (Å²) in [6.45, 7) is 2.49. The Morgan fingerprint density at radius 3 is 2.75 bits per heavy atom. The van der Waals surface area contributed by atoms with E-state index >= 15 is 0 Å². The number of hydrogen-bond acceptors (Lipinski definition) is 5. The lowest BCUT2D eigenvalue weighted by molar-refractivity contribution is -0.122. The maximum atomic E-state index is 12.8. The molecule has 2 aromatic carbocycles. The fourth-order valence-corrected chi connectivity index (χ4v) is 4.75. The smallest absolute Gasteiger partial charge is 0.266 e. The number of amidine groups is 1. The Morgan fingerprint density at radius 1 is 1.18 bits per heavy atom. The second-order valence-corrected chi connectivity index (χ2v) is 8.27. The Bertz CT molecular complexity index is 1080. The molecule has 1 aliphatic heterocycles. The van der Waals surface area contributed by atoms with E-state index < -0.39 is 0 Å². The fourth-order valence-electron chi connectivity index (χ4n) is 2.76. The van der Waals surface area contributed by atoms with E-state index in [0.29, 0.717) is 26.8 Å². The van der Waals surface area contributed by atoms with Crippen LogP contribution in [0.3, 0.4) is 0 Å². The number of aromatic nitrogens is 1. The van der Waals surface area contributed by atoms with Crippen LogP contribution in [-0.2, 0) is 4.79 Å². The minimum absolute atomic E-state index is 0.0499. The molecule has 0 saturated carbocycles. The highest BCUT2D eigenvalue weighted by Gasteiger charge is 2.32. The van der Waals surface area contributed by atoms with Crippen LogP contribution in [0.15, 0.2) is 69.9 Å². The Balaban J connectivity index is 1.62. The largest absolute Gasteiger partial charge is 0.287 e. The summed E-state index contributed by atoms with van der Waals surface area (Å²) < 4.78 is 0. The number of nitrogens with zero attached hydrogens (tertiary/aromatic N) is 3. The van der Waals surface area contributed by atoms with Crippen LogP contribution in [0.5, 0.6) is 0 Å². The Morgan fingerprint density at radius 2 is 2.00 bits per heavy atom. The van der Waals surface area contributed by atoms with Crippen molar-refractivity contribution in [3.63, 3.8) is 0 Å². The maximum absolute atomic E-state index is 12.8. The first-order chi connectivity index (χ1) is 13.6. The molecule has 3 aromatic rings. The minimum atomic E-state index is -0.0499. The van der Waals surface area contributed by atoms with Gasteiger partial charge in [-0.25, -0.2) is 4.98 Å². The predicted molar refractivity (Wildman–Crippen MR) is 119 cm³/mol. The van der Waals surface area contributed by atoms with E-state index in [1.165, 1.54) is 23.1 Å². The third kappa shape index (κ3) is 4.04. The summed E-state index contributed by atoms with van der Waals surface area (Å²) >= 11 is 8.88. The number of benzene rings is 2. The summed E-state index contributed by atoms with van der Waals surface area (Å²) in [5.74, 6) is -0.0499. The van der Waals surface area contributed by atoms with Gasteiger partial charge in [-0.3, -0.25) is 9.69 Å². The average Bonchev–Trinajstić information content (AvgIpc) is 3.28. The van der Waals surface area contributed by atoms with Crippen molar-refractivity contribution < 1.29 is 4.79 Å². The van der Waals surface area contributed by atoms with Crippen LogP contribution in [0.2, 0.25) is 5.02 Å². The standard InChI is InChI=1S/C21H16ClN3OS2/c1-2-25-19(26)18(12-14-7-6-10-16(22)11-14)28-21(25)24-20-23-17(13-27-20)15-8-4-3-5-9-15/h3-13H,2H2,1H3/b18-12-,24-21+. The number of rotatable bonds is 4. The summed E-state index contributed by atoms with van der Waals surface area (Å²) in [4.78, 5) is 24.3. The summed E-state index contributed by atoms with van der Waals surface area (Å²) in [6, 6.07) is 17.4. The molecular weight excluding hydrogens is 410 g/mol. The molecule has 0 unspecified atom stereocenters. The first-order valence-electron chi connectivity index (χ1n) is 8.70. The van der Waals surface area contributed by atoms with Crippen molar-refractivity contribution in [3.8, 4) is 11.3 Å². The maximum Gasteiger partial charge on any atom is 0.266 e. The molecule has 0 spiro atoms. The van der Waals surface area contributed by atoms with E-state index in [-0.39, 0.29) is 5.91 Å². The van der Waals surface area contributed by atoms with Crippen molar-refractivity contribution >= 4 is 57.0 Å². The lowest BCUT2D eigenvalue weighted by Crippen LogP contribution is -2.28. The van der Waals surface area contributed by atoms with Gasteiger partial charge in [0.1, 0.15) is 0 Å². The molecule has 28 heavy (non-hydrogen) atoms. The molecule has 1 amide bonds. The van der Waals surface area contributed by atoms with Gasteiger partial charge in [-0.2, -0.15) is 4.99 Å².